The van der Waals surface area contributed by atoms with Crippen LogP contribution in [0.5, 0.6) is 0 Å². The molecule has 1 heterocycles. The van der Waals surface area contributed by atoms with Gasteiger partial charge in [0.15, 0.2) is 11.0 Å². The van der Waals surface area contributed by atoms with Crippen LogP contribution in [-0.4, -0.2) is 16.7 Å². The largest absolute Gasteiger partial charge is 0.396 e. The van der Waals surface area contributed by atoms with Gasteiger partial charge in [-0.1, -0.05) is 32.4 Å². The SMILES string of the molecule is CC.C[C@@H](CO)Cc1cnc(Cl)c(F)c1. The zero-order valence-corrected chi connectivity index (χ0v) is 10.1. The molecule has 1 aromatic rings. The van der Waals surface area contributed by atoms with E-state index in [1.807, 2.05) is 20.8 Å². The summed E-state index contributed by atoms with van der Waals surface area (Å²) < 4.78 is 12.9. The first-order chi connectivity index (χ1) is 7.13. The van der Waals surface area contributed by atoms with Crippen LogP contribution in [0.15, 0.2) is 12.3 Å². The molecule has 4 heteroatoms. The fourth-order valence-corrected chi connectivity index (χ4v) is 1.14. The minimum atomic E-state index is -0.510. The van der Waals surface area contributed by atoms with Gasteiger partial charge in [0.1, 0.15) is 0 Å². The second kappa shape index (κ2) is 7.60. The number of hydrogen-bond acceptors (Lipinski definition) is 2. The minimum absolute atomic E-state index is 0.0875. The lowest BCUT2D eigenvalue weighted by molar-refractivity contribution is 0.237. The average Bonchev–Trinajstić information content (AvgIpc) is 2.26. The van der Waals surface area contributed by atoms with Gasteiger partial charge in [0.2, 0.25) is 0 Å². The predicted molar refractivity (Wildman–Crippen MR) is 60.5 cm³/mol. The highest BCUT2D eigenvalue weighted by Gasteiger charge is 2.05. The summed E-state index contributed by atoms with van der Waals surface area (Å²) in [6, 6.07) is 1.35. The summed E-state index contributed by atoms with van der Waals surface area (Å²) in [4.78, 5) is 3.67. The predicted octanol–water partition coefficient (Wildman–Crippen LogP) is 3.07. The van der Waals surface area contributed by atoms with Crippen molar-refractivity contribution in [2.45, 2.75) is 27.2 Å². The van der Waals surface area contributed by atoms with Crippen molar-refractivity contribution in [1.29, 1.82) is 0 Å². The van der Waals surface area contributed by atoms with Crippen LogP contribution in [-0.2, 0) is 6.42 Å². The molecule has 0 aromatic carbocycles. The summed E-state index contributed by atoms with van der Waals surface area (Å²) in [6.45, 7) is 5.97. The Bertz CT molecular complexity index is 294. The van der Waals surface area contributed by atoms with Crippen molar-refractivity contribution in [1.82, 2.24) is 4.98 Å². The lowest BCUT2D eigenvalue weighted by Crippen LogP contribution is -2.05. The lowest BCUT2D eigenvalue weighted by atomic mass is 10.0. The van der Waals surface area contributed by atoms with Crippen molar-refractivity contribution >= 4 is 11.6 Å². The normalized spacial score (nSPS) is 11.6. The second-order valence-corrected chi connectivity index (χ2v) is 3.47. The van der Waals surface area contributed by atoms with Crippen molar-refractivity contribution in [3.63, 3.8) is 0 Å². The fraction of sp³-hybridized carbons (Fsp3) is 0.545. The minimum Gasteiger partial charge on any atom is -0.396 e. The second-order valence-electron chi connectivity index (χ2n) is 3.11. The zero-order chi connectivity index (χ0) is 11.8. The van der Waals surface area contributed by atoms with Crippen molar-refractivity contribution in [2.75, 3.05) is 6.61 Å². The van der Waals surface area contributed by atoms with Gasteiger partial charge < -0.3 is 5.11 Å². The quantitative estimate of drug-likeness (QED) is 0.814. The summed E-state index contributed by atoms with van der Waals surface area (Å²) in [6.07, 6.45) is 2.13. The molecule has 0 bridgehead atoms. The Labute approximate surface area is 95.1 Å². The average molecular weight is 234 g/mol. The summed E-state index contributed by atoms with van der Waals surface area (Å²) >= 11 is 5.42. The van der Waals surface area contributed by atoms with E-state index in [2.05, 4.69) is 4.98 Å². The first-order valence-electron chi connectivity index (χ1n) is 5.04. The molecule has 0 radical (unpaired) electrons. The Morgan fingerprint density at radius 1 is 1.53 bits per heavy atom. The Balaban J connectivity index is 0.000000921. The van der Waals surface area contributed by atoms with Gasteiger partial charge in [-0.15, -0.1) is 0 Å². The van der Waals surface area contributed by atoms with Crippen molar-refractivity contribution in [3.8, 4) is 0 Å². The first kappa shape index (κ1) is 14.3. The van der Waals surface area contributed by atoms with Crippen molar-refractivity contribution in [2.24, 2.45) is 5.92 Å². The fourth-order valence-electron chi connectivity index (χ4n) is 1.04. The van der Waals surface area contributed by atoms with E-state index in [0.29, 0.717) is 6.42 Å². The molecule has 0 saturated carbocycles. The molecule has 0 fully saturated rings. The summed E-state index contributed by atoms with van der Waals surface area (Å²) in [5.41, 5.74) is 0.753. The number of halogens is 2. The van der Waals surface area contributed by atoms with E-state index in [4.69, 9.17) is 16.7 Å². The number of nitrogens with zero attached hydrogens (tertiary/aromatic N) is 1. The van der Waals surface area contributed by atoms with Crippen LogP contribution in [0.2, 0.25) is 5.15 Å². The molecule has 0 unspecified atom stereocenters. The molecule has 0 amide bonds. The highest BCUT2D eigenvalue weighted by atomic mass is 35.5. The number of aromatic nitrogens is 1. The van der Waals surface area contributed by atoms with Crippen LogP contribution in [0.3, 0.4) is 0 Å². The van der Waals surface area contributed by atoms with Crippen LogP contribution in [0.1, 0.15) is 26.3 Å². The van der Waals surface area contributed by atoms with E-state index < -0.39 is 5.82 Å². The van der Waals surface area contributed by atoms with Gasteiger partial charge >= 0.3 is 0 Å². The molecule has 0 spiro atoms. The summed E-state index contributed by atoms with van der Waals surface area (Å²) in [5, 5.41) is 8.67. The lowest BCUT2D eigenvalue weighted by Gasteiger charge is -2.07. The topological polar surface area (TPSA) is 33.1 Å². The van der Waals surface area contributed by atoms with Crippen LogP contribution >= 0.6 is 11.6 Å². The Morgan fingerprint density at radius 2 is 2.13 bits per heavy atom. The third-order valence-corrected chi connectivity index (χ3v) is 2.03. The van der Waals surface area contributed by atoms with Gasteiger partial charge in [0, 0.05) is 12.8 Å². The van der Waals surface area contributed by atoms with Gasteiger partial charge in [-0.2, -0.15) is 0 Å². The maximum Gasteiger partial charge on any atom is 0.164 e. The molecule has 15 heavy (non-hydrogen) atoms. The molecule has 0 aliphatic rings. The Morgan fingerprint density at radius 3 is 2.60 bits per heavy atom. The van der Waals surface area contributed by atoms with Crippen LogP contribution < -0.4 is 0 Å². The molecular formula is C11H17ClFNO. The van der Waals surface area contributed by atoms with E-state index in [1.54, 1.807) is 0 Å². The number of rotatable bonds is 3. The van der Waals surface area contributed by atoms with E-state index in [9.17, 15) is 4.39 Å². The van der Waals surface area contributed by atoms with Crippen molar-refractivity contribution < 1.29 is 9.50 Å². The molecule has 1 atom stereocenters. The number of hydrogen-bond donors (Lipinski definition) is 1. The zero-order valence-electron chi connectivity index (χ0n) is 9.30. The third kappa shape index (κ3) is 5.09. The van der Waals surface area contributed by atoms with E-state index in [1.165, 1.54) is 12.3 Å². The molecule has 1 aromatic heterocycles. The monoisotopic (exact) mass is 233 g/mol. The van der Waals surface area contributed by atoms with Gasteiger partial charge in [0.05, 0.1) is 0 Å². The maximum absolute atomic E-state index is 12.9. The third-order valence-electron chi connectivity index (χ3n) is 1.75. The van der Waals surface area contributed by atoms with Gasteiger partial charge in [-0.05, 0) is 24.0 Å². The number of pyridine rings is 1. The number of aliphatic hydroxyl groups excluding tert-OH is 1. The molecular weight excluding hydrogens is 217 g/mol. The standard InChI is InChI=1S/C9H11ClFNO.C2H6/c1-6(5-13)2-7-3-8(11)9(10)12-4-7;1-2/h3-4,6,13H,2,5H2,1H3;1-2H3/t6-;/m1./s1. The van der Waals surface area contributed by atoms with E-state index in [0.717, 1.165) is 5.56 Å². The van der Waals surface area contributed by atoms with Crippen LogP contribution in [0, 0.1) is 11.7 Å². The van der Waals surface area contributed by atoms with Crippen molar-refractivity contribution in [3.05, 3.63) is 28.8 Å². The van der Waals surface area contributed by atoms with Gasteiger partial charge in [0.25, 0.3) is 0 Å². The molecule has 0 aliphatic heterocycles. The number of aliphatic hydroxyl groups is 1. The molecule has 1 N–H and O–H groups in total. The molecule has 0 aliphatic carbocycles. The smallest absolute Gasteiger partial charge is 0.164 e. The van der Waals surface area contributed by atoms with Gasteiger partial charge in [-0.25, -0.2) is 9.37 Å². The molecule has 2 nitrogen and oxygen atoms in total. The van der Waals surface area contributed by atoms with Crippen LogP contribution in [0.25, 0.3) is 0 Å². The summed E-state index contributed by atoms with van der Waals surface area (Å²) in [5.74, 6) is -0.397. The first-order valence-corrected chi connectivity index (χ1v) is 5.42. The highest BCUT2D eigenvalue weighted by Crippen LogP contribution is 2.14. The Kier molecular flexibility index (Phi) is 7.26. The highest BCUT2D eigenvalue weighted by molar-refractivity contribution is 6.29. The maximum atomic E-state index is 12.9. The van der Waals surface area contributed by atoms with E-state index >= 15 is 0 Å². The Hall–Kier alpha value is -0.670. The van der Waals surface area contributed by atoms with Gasteiger partial charge in [-0.3, -0.25) is 0 Å². The molecule has 1 rings (SSSR count). The van der Waals surface area contributed by atoms with E-state index in [-0.39, 0.29) is 17.7 Å². The molecule has 86 valence electrons. The summed E-state index contributed by atoms with van der Waals surface area (Å²) in [7, 11) is 0. The van der Waals surface area contributed by atoms with Crippen LogP contribution in [0.4, 0.5) is 4.39 Å². The molecule has 0 saturated heterocycles.